The SMILES string of the molecule is Fc1cc(-c2cccc3c2OCC(c2cccc(OC(F)(F)F)c2)N3)cc(F)c1F. The number of rotatable bonds is 3. The zero-order chi connectivity index (χ0) is 21.5. The number of fused-ring (bicyclic) bond motifs is 1. The van der Waals surface area contributed by atoms with E-state index >= 15 is 0 Å². The second kappa shape index (κ2) is 7.47. The highest BCUT2D eigenvalue weighted by Gasteiger charge is 2.31. The molecule has 3 aromatic carbocycles. The third-order valence-corrected chi connectivity index (χ3v) is 4.53. The molecule has 0 bridgehead atoms. The van der Waals surface area contributed by atoms with E-state index < -0.39 is 29.9 Å². The molecule has 1 aliphatic heterocycles. The van der Waals surface area contributed by atoms with Crippen LogP contribution in [0, 0.1) is 17.5 Å². The average molecular weight is 425 g/mol. The summed E-state index contributed by atoms with van der Waals surface area (Å²) in [5.74, 6) is -4.29. The van der Waals surface area contributed by atoms with Crippen LogP contribution in [0.1, 0.15) is 11.6 Å². The molecule has 156 valence electrons. The van der Waals surface area contributed by atoms with Crippen molar-refractivity contribution < 1.29 is 35.8 Å². The molecule has 0 aromatic heterocycles. The Morgan fingerprint density at radius 3 is 2.33 bits per heavy atom. The number of ether oxygens (including phenoxy) is 2. The van der Waals surface area contributed by atoms with E-state index in [1.54, 1.807) is 24.3 Å². The number of anilines is 1. The van der Waals surface area contributed by atoms with Gasteiger partial charge in [-0.2, -0.15) is 0 Å². The van der Waals surface area contributed by atoms with Crippen molar-refractivity contribution in [2.45, 2.75) is 12.4 Å². The van der Waals surface area contributed by atoms with Crippen LogP contribution >= 0.6 is 0 Å². The second-order valence-corrected chi connectivity index (χ2v) is 6.56. The second-order valence-electron chi connectivity index (χ2n) is 6.56. The fourth-order valence-corrected chi connectivity index (χ4v) is 3.25. The van der Waals surface area contributed by atoms with Crippen molar-refractivity contribution in [3.8, 4) is 22.6 Å². The number of nitrogens with one attached hydrogen (secondary N) is 1. The van der Waals surface area contributed by atoms with Gasteiger partial charge in [0.2, 0.25) is 0 Å². The first kappa shape index (κ1) is 19.9. The molecule has 1 heterocycles. The molecule has 0 aliphatic carbocycles. The van der Waals surface area contributed by atoms with Crippen LogP contribution in [0.5, 0.6) is 11.5 Å². The summed E-state index contributed by atoms with van der Waals surface area (Å²) in [7, 11) is 0. The van der Waals surface area contributed by atoms with Crippen LogP contribution in [0.15, 0.2) is 54.6 Å². The lowest BCUT2D eigenvalue weighted by atomic mass is 10.00. The van der Waals surface area contributed by atoms with E-state index in [1.165, 1.54) is 18.2 Å². The predicted molar refractivity (Wildman–Crippen MR) is 96.7 cm³/mol. The minimum Gasteiger partial charge on any atom is -0.488 e. The van der Waals surface area contributed by atoms with Gasteiger partial charge in [0, 0.05) is 5.56 Å². The van der Waals surface area contributed by atoms with Crippen LogP contribution < -0.4 is 14.8 Å². The molecule has 1 unspecified atom stereocenters. The minimum absolute atomic E-state index is 0.0334. The van der Waals surface area contributed by atoms with Crippen molar-refractivity contribution >= 4 is 5.69 Å². The van der Waals surface area contributed by atoms with Gasteiger partial charge in [-0.1, -0.05) is 24.3 Å². The first-order valence-corrected chi connectivity index (χ1v) is 8.74. The summed E-state index contributed by atoms with van der Waals surface area (Å²) < 4.78 is 87.6. The largest absolute Gasteiger partial charge is 0.573 e. The van der Waals surface area contributed by atoms with Crippen LogP contribution in [0.25, 0.3) is 11.1 Å². The molecular weight excluding hydrogens is 412 g/mol. The molecule has 0 fully saturated rings. The van der Waals surface area contributed by atoms with Gasteiger partial charge in [-0.15, -0.1) is 13.2 Å². The molecule has 0 radical (unpaired) electrons. The van der Waals surface area contributed by atoms with E-state index in [0.29, 0.717) is 22.6 Å². The number of alkyl halides is 3. The van der Waals surface area contributed by atoms with Crippen molar-refractivity contribution in [1.82, 2.24) is 0 Å². The van der Waals surface area contributed by atoms with Gasteiger partial charge in [0.25, 0.3) is 0 Å². The summed E-state index contributed by atoms with van der Waals surface area (Å²) >= 11 is 0. The van der Waals surface area contributed by atoms with Crippen LogP contribution in [-0.2, 0) is 0 Å². The Balaban J connectivity index is 1.63. The highest BCUT2D eigenvalue weighted by atomic mass is 19.4. The van der Waals surface area contributed by atoms with Crippen molar-refractivity contribution in [1.29, 1.82) is 0 Å². The van der Waals surface area contributed by atoms with E-state index in [2.05, 4.69) is 10.1 Å². The first-order chi connectivity index (χ1) is 14.2. The molecule has 0 amide bonds. The maximum atomic E-state index is 13.6. The molecule has 4 rings (SSSR count). The molecule has 30 heavy (non-hydrogen) atoms. The Morgan fingerprint density at radius 1 is 0.933 bits per heavy atom. The Hall–Kier alpha value is -3.36. The molecular formula is C21H13F6NO2. The number of hydrogen-bond donors (Lipinski definition) is 1. The zero-order valence-electron chi connectivity index (χ0n) is 15.1. The van der Waals surface area contributed by atoms with Gasteiger partial charge in [0.15, 0.2) is 17.5 Å². The van der Waals surface area contributed by atoms with E-state index in [9.17, 15) is 26.3 Å². The number of halogens is 6. The number of para-hydroxylation sites is 1. The Bertz CT molecular complexity index is 1080. The van der Waals surface area contributed by atoms with Crippen LogP contribution in [0.4, 0.5) is 32.0 Å². The van der Waals surface area contributed by atoms with Gasteiger partial charge in [-0.3, -0.25) is 0 Å². The van der Waals surface area contributed by atoms with Gasteiger partial charge in [0.05, 0.1) is 11.7 Å². The summed E-state index contributed by atoms with van der Waals surface area (Å²) in [5, 5.41) is 3.13. The fraction of sp³-hybridized carbons (Fsp3) is 0.143. The quantitative estimate of drug-likeness (QED) is 0.400. The predicted octanol–water partition coefficient (Wildman–Crippen LogP) is 6.22. The average Bonchev–Trinajstić information content (AvgIpc) is 2.69. The fourth-order valence-electron chi connectivity index (χ4n) is 3.25. The van der Waals surface area contributed by atoms with Gasteiger partial charge < -0.3 is 14.8 Å². The highest BCUT2D eigenvalue weighted by Crippen LogP contribution is 2.42. The monoisotopic (exact) mass is 425 g/mol. The van der Waals surface area contributed by atoms with Crippen molar-refractivity contribution in [3.63, 3.8) is 0 Å². The molecule has 3 nitrogen and oxygen atoms in total. The van der Waals surface area contributed by atoms with Crippen LogP contribution in [0.3, 0.4) is 0 Å². The van der Waals surface area contributed by atoms with E-state index in [0.717, 1.165) is 12.1 Å². The van der Waals surface area contributed by atoms with Crippen molar-refractivity contribution in [2.75, 3.05) is 11.9 Å². The summed E-state index contributed by atoms with van der Waals surface area (Å²) in [6.45, 7) is 0.0334. The van der Waals surface area contributed by atoms with E-state index in [4.69, 9.17) is 4.74 Å². The van der Waals surface area contributed by atoms with Gasteiger partial charge in [0.1, 0.15) is 18.1 Å². The summed E-state index contributed by atoms with van der Waals surface area (Å²) in [5.41, 5.74) is 1.39. The molecule has 9 heteroatoms. The highest BCUT2D eigenvalue weighted by molar-refractivity contribution is 5.79. The van der Waals surface area contributed by atoms with E-state index in [1.807, 2.05) is 0 Å². The molecule has 1 atom stereocenters. The lowest BCUT2D eigenvalue weighted by Gasteiger charge is -2.29. The minimum atomic E-state index is -4.81. The van der Waals surface area contributed by atoms with Crippen LogP contribution in [-0.4, -0.2) is 13.0 Å². The lowest BCUT2D eigenvalue weighted by Crippen LogP contribution is -2.24. The molecule has 0 spiro atoms. The zero-order valence-corrected chi connectivity index (χ0v) is 15.1. The lowest BCUT2D eigenvalue weighted by molar-refractivity contribution is -0.274. The molecule has 3 aromatic rings. The van der Waals surface area contributed by atoms with E-state index in [-0.39, 0.29) is 17.9 Å². The van der Waals surface area contributed by atoms with Crippen LogP contribution in [0.2, 0.25) is 0 Å². The van der Waals surface area contributed by atoms with Crippen molar-refractivity contribution in [3.05, 3.63) is 77.6 Å². The maximum absolute atomic E-state index is 13.6. The molecule has 0 saturated carbocycles. The Labute approximate surface area is 166 Å². The van der Waals surface area contributed by atoms with Gasteiger partial charge in [-0.05, 0) is 41.5 Å². The third kappa shape index (κ3) is 4.00. The molecule has 0 saturated heterocycles. The maximum Gasteiger partial charge on any atom is 0.573 e. The van der Waals surface area contributed by atoms with Crippen molar-refractivity contribution in [2.24, 2.45) is 0 Å². The summed E-state index contributed by atoms with van der Waals surface area (Å²) in [6, 6.07) is 11.5. The third-order valence-electron chi connectivity index (χ3n) is 4.53. The standard InChI is InChI=1S/C21H13F6NO2/c22-15-8-12(9-16(23)19(15)24)14-5-2-6-17-20(14)29-10-18(28-17)11-3-1-4-13(7-11)30-21(25,26)27/h1-9,18,28H,10H2. The molecule has 1 aliphatic rings. The first-order valence-electron chi connectivity index (χ1n) is 8.74. The molecule has 1 N–H and O–H groups in total. The summed E-state index contributed by atoms with van der Waals surface area (Å²) in [4.78, 5) is 0. The summed E-state index contributed by atoms with van der Waals surface area (Å²) in [6.07, 6.45) is -4.81. The Kier molecular flexibility index (Phi) is 4.97. The smallest absolute Gasteiger partial charge is 0.488 e. The van der Waals surface area contributed by atoms with Gasteiger partial charge >= 0.3 is 6.36 Å². The Morgan fingerprint density at radius 2 is 1.63 bits per heavy atom. The number of hydrogen-bond acceptors (Lipinski definition) is 3. The van der Waals surface area contributed by atoms with Gasteiger partial charge in [-0.25, -0.2) is 13.2 Å². The normalized spacial score (nSPS) is 15.7. The number of benzene rings is 3. The topological polar surface area (TPSA) is 30.5 Å².